The summed E-state index contributed by atoms with van der Waals surface area (Å²) in [5.41, 5.74) is 3.43. The molecule has 0 spiro atoms. The normalized spacial score (nSPS) is 10.6. The van der Waals surface area contributed by atoms with Gasteiger partial charge in [0.15, 0.2) is 5.82 Å². The number of hydrogen-bond donors (Lipinski definition) is 1. The number of aromatic nitrogens is 1. The molecule has 0 atom stereocenters. The fraction of sp³-hybridized carbons (Fsp3) is 0.312. The van der Waals surface area contributed by atoms with Crippen molar-refractivity contribution in [1.29, 1.82) is 0 Å². The second kappa shape index (κ2) is 6.73. The molecule has 0 fully saturated rings. The monoisotopic (exact) mass is 289 g/mol. The van der Waals surface area contributed by atoms with Crippen molar-refractivity contribution in [3.05, 3.63) is 52.7 Å². The van der Waals surface area contributed by atoms with Crippen LogP contribution in [0.15, 0.2) is 36.5 Å². The summed E-state index contributed by atoms with van der Waals surface area (Å²) < 4.78 is 0. The standard InChI is InChI=1S/C16H20ClN3/c1-4-20(14-7-5-12(2)6-8-14)16-15(17)9-13(10-18-3)11-19-16/h5-9,11,18H,4,10H2,1-3H3. The lowest BCUT2D eigenvalue weighted by Gasteiger charge is -2.23. The molecule has 0 unspecified atom stereocenters. The first-order valence-corrected chi connectivity index (χ1v) is 7.16. The van der Waals surface area contributed by atoms with E-state index in [2.05, 4.69) is 53.3 Å². The Kier molecular flexibility index (Phi) is 4.99. The highest BCUT2D eigenvalue weighted by atomic mass is 35.5. The average molecular weight is 290 g/mol. The third-order valence-electron chi connectivity index (χ3n) is 3.18. The van der Waals surface area contributed by atoms with Gasteiger partial charge in [0, 0.05) is 25.0 Å². The zero-order valence-electron chi connectivity index (χ0n) is 12.2. The first kappa shape index (κ1) is 14.8. The molecule has 3 nitrogen and oxygen atoms in total. The van der Waals surface area contributed by atoms with E-state index in [0.717, 1.165) is 30.2 Å². The maximum absolute atomic E-state index is 6.39. The molecule has 1 heterocycles. The van der Waals surface area contributed by atoms with E-state index in [1.54, 1.807) is 0 Å². The maximum Gasteiger partial charge on any atom is 0.151 e. The van der Waals surface area contributed by atoms with Crippen molar-refractivity contribution in [3.63, 3.8) is 0 Å². The predicted octanol–water partition coefficient (Wildman–Crippen LogP) is 3.92. The number of rotatable bonds is 5. The van der Waals surface area contributed by atoms with Gasteiger partial charge in [-0.1, -0.05) is 29.3 Å². The van der Waals surface area contributed by atoms with Gasteiger partial charge in [-0.05, 0) is 44.7 Å². The molecule has 0 aliphatic heterocycles. The summed E-state index contributed by atoms with van der Waals surface area (Å²) in [5, 5.41) is 3.78. The Hall–Kier alpha value is -1.58. The molecule has 106 valence electrons. The van der Waals surface area contributed by atoms with Crippen molar-refractivity contribution in [2.24, 2.45) is 0 Å². The molecule has 0 saturated carbocycles. The molecule has 0 radical (unpaired) electrons. The summed E-state index contributed by atoms with van der Waals surface area (Å²) >= 11 is 6.39. The number of halogens is 1. The van der Waals surface area contributed by atoms with Gasteiger partial charge in [0.05, 0.1) is 5.02 Å². The number of anilines is 2. The van der Waals surface area contributed by atoms with Crippen LogP contribution in [0.3, 0.4) is 0 Å². The van der Waals surface area contributed by atoms with Crippen LogP contribution in [0.1, 0.15) is 18.1 Å². The number of nitrogens with zero attached hydrogens (tertiary/aromatic N) is 2. The molecule has 0 aliphatic rings. The first-order chi connectivity index (χ1) is 9.65. The fourth-order valence-electron chi connectivity index (χ4n) is 2.15. The number of hydrogen-bond acceptors (Lipinski definition) is 3. The second-order valence-corrected chi connectivity index (χ2v) is 5.17. The highest BCUT2D eigenvalue weighted by Crippen LogP contribution is 2.30. The summed E-state index contributed by atoms with van der Waals surface area (Å²) in [5.74, 6) is 0.804. The molecule has 0 saturated heterocycles. The van der Waals surface area contributed by atoms with Crippen LogP contribution in [0.25, 0.3) is 0 Å². The van der Waals surface area contributed by atoms with E-state index in [-0.39, 0.29) is 0 Å². The van der Waals surface area contributed by atoms with Crippen molar-refractivity contribution in [2.45, 2.75) is 20.4 Å². The molecule has 20 heavy (non-hydrogen) atoms. The summed E-state index contributed by atoms with van der Waals surface area (Å²) in [7, 11) is 1.91. The van der Waals surface area contributed by atoms with Gasteiger partial charge in [-0.3, -0.25) is 0 Å². The molecule has 1 aromatic heterocycles. The highest BCUT2D eigenvalue weighted by Gasteiger charge is 2.13. The minimum absolute atomic E-state index is 0.681. The Balaban J connectivity index is 2.34. The first-order valence-electron chi connectivity index (χ1n) is 6.79. The van der Waals surface area contributed by atoms with Gasteiger partial charge in [-0.25, -0.2) is 4.98 Å². The Labute approximate surface area is 125 Å². The number of nitrogens with one attached hydrogen (secondary N) is 1. The highest BCUT2D eigenvalue weighted by molar-refractivity contribution is 6.33. The van der Waals surface area contributed by atoms with Crippen molar-refractivity contribution < 1.29 is 0 Å². The molecule has 2 aromatic rings. The van der Waals surface area contributed by atoms with Crippen LogP contribution in [0.5, 0.6) is 0 Å². The number of benzene rings is 1. The topological polar surface area (TPSA) is 28.2 Å². The quantitative estimate of drug-likeness (QED) is 0.904. The number of aryl methyl sites for hydroxylation is 1. The molecular weight excluding hydrogens is 270 g/mol. The van der Waals surface area contributed by atoms with Crippen LogP contribution in [-0.4, -0.2) is 18.6 Å². The number of pyridine rings is 1. The minimum Gasteiger partial charge on any atom is -0.325 e. The molecule has 0 amide bonds. The van der Waals surface area contributed by atoms with Gasteiger partial charge in [-0.15, -0.1) is 0 Å². The summed E-state index contributed by atoms with van der Waals surface area (Å²) in [6.07, 6.45) is 1.87. The van der Waals surface area contributed by atoms with E-state index in [1.165, 1.54) is 5.56 Å². The Morgan fingerprint density at radius 3 is 2.50 bits per heavy atom. The van der Waals surface area contributed by atoms with Crippen molar-refractivity contribution >= 4 is 23.1 Å². The van der Waals surface area contributed by atoms with E-state index in [1.807, 2.05) is 19.3 Å². The van der Waals surface area contributed by atoms with E-state index >= 15 is 0 Å². The van der Waals surface area contributed by atoms with Crippen LogP contribution < -0.4 is 10.2 Å². The van der Waals surface area contributed by atoms with Gasteiger partial charge < -0.3 is 10.2 Å². The zero-order chi connectivity index (χ0) is 14.5. The van der Waals surface area contributed by atoms with Crippen LogP contribution in [0.4, 0.5) is 11.5 Å². The summed E-state index contributed by atoms with van der Waals surface area (Å²) in [6.45, 7) is 5.77. The second-order valence-electron chi connectivity index (χ2n) is 4.76. The smallest absolute Gasteiger partial charge is 0.151 e. The molecular formula is C16H20ClN3. The molecule has 1 aromatic carbocycles. The molecule has 4 heteroatoms. The van der Waals surface area contributed by atoms with E-state index in [0.29, 0.717) is 5.02 Å². The van der Waals surface area contributed by atoms with Gasteiger partial charge in [0.1, 0.15) is 0 Å². The van der Waals surface area contributed by atoms with Crippen molar-refractivity contribution in [1.82, 2.24) is 10.3 Å². The van der Waals surface area contributed by atoms with Crippen LogP contribution >= 0.6 is 11.6 Å². The molecule has 1 N–H and O–H groups in total. The van der Waals surface area contributed by atoms with Crippen molar-refractivity contribution in [3.8, 4) is 0 Å². The average Bonchev–Trinajstić information content (AvgIpc) is 2.44. The molecule has 2 rings (SSSR count). The van der Waals surface area contributed by atoms with Gasteiger partial charge in [0.2, 0.25) is 0 Å². The lowest BCUT2D eigenvalue weighted by atomic mass is 10.2. The minimum atomic E-state index is 0.681. The Morgan fingerprint density at radius 1 is 1.25 bits per heavy atom. The van der Waals surface area contributed by atoms with Crippen LogP contribution in [-0.2, 0) is 6.54 Å². The Bertz CT molecular complexity index is 566. The maximum atomic E-state index is 6.39. The van der Waals surface area contributed by atoms with Crippen LogP contribution in [0, 0.1) is 6.92 Å². The van der Waals surface area contributed by atoms with E-state index in [9.17, 15) is 0 Å². The molecule has 0 bridgehead atoms. The SMILES string of the molecule is CCN(c1ccc(C)cc1)c1ncc(CNC)cc1Cl. The Morgan fingerprint density at radius 2 is 1.95 bits per heavy atom. The third-order valence-corrected chi connectivity index (χ3v) is 3.45. The summed E-state index contributed by atoms with van der Waals surface area (Å²) in [4.78, 5) is 6.64. The van der Waals surface area contributed by atoms with Crippen molar-refractivity contribution in [2.75, 3.05) is 18.5 Å². The molecule has 0 aliphatic carbocycles. The van der Waals surface area contributed by atoms with E-state index < -0.39 is 0 Å². The van der Waals surface area contributed by atoms with Gasteiger partial charge in [-0.2, -0.15) is 0 Å². The predicted molar refractivity (Wildman–Crippen MR) is 85.9 cm³/mol. The third kappa shape index (κ3) is 3.30. The lowest BCUT2D eigenvalue weighted by molar-refractivity contribution is 0.812. The van der Waals surface area contributed by atoms with E-state index in [4.69, 9.17) is 11.6 Å². The summed E-state index contributed by atoms with van der Waals surface area (Å²) in [6, 6.07) is 10.4. The van der Waals surface area contributed by atoms with Gasteiger partial charge in [0.25, 0.3) is 0 Å². The van der Waals surface area contributed by atoms with Gasteiger partial charge >= 0.3 is 0 Å². The van der Waals surface area contributed by atoms with Crippen LogP contribution in [0.2, 0.25) is 5.02 Å². The zero-order valence-corrected chi connectivity index (χ0v) is 12.9. The largest absolute Gasteiger partial charge is 0.325 e. The fourth-order valence-corrected chi connectivity index (χ4v) is 2.44. The lowest BCUT2D eigenvalue weighted by Crippen LogP contribution is -2.18.